The molecule has 0 aliphatic heterocycles. The minimum absolute atomic E-state index is 0.0447. The highest BCUT2D eigenvalue weighted by atomic mass is 32.2. The summed E-state index contributed by atoms with van der Waals surface area (Å²) in [6, 6.07) is 1.73. The number of rotatable bonds is 5. The van der Waals surface area contributed by atoms with Crippen molar-refractivity contribution in [3.8, 4) is 6.07 Å². The number of hydrogen-bond acceptors (Lipinski definition) is 4. The molecule has 6 heteroatoms. The summed E-state index contributed by atoms with van der Waals surface area (Å²) < 4.78 is 25.6. The SMILES string of the molecule is CC(C#N)S(=O)(=O)N(CCO)C1CCCCC1. The van der Waals surface area contributed by atoms with Crippen molar-refractivity contribution in [1.29, 1.82) is 5.26 Å². The van der Waals surface area contributed by atoms with Crippen LogP contribution in [0.5, 0.6) is 0 Å². The number of hydrogen-bond donors (Lipinski definition) is 1. The lowest BCUT2D eigenvalue weighted by atomic mass is 9.95. The minimum atomic E-state index is -3.60. The standard InChI is InChI=1S/C11H20N2O3S/c1-10(9-12)17(15,16)13(7-8-14)11-5-3-2-4-6-11/h10-11,14H,2-8H2,1H3. The predicted octanol–water partition coefficient (Wildman–Crippen LogP) is 0.855. The van der Waals surface area contributed by atoms with E-state index >= 15 is 0 Å². The topological polar surface area (TPSA) is 81.4 Å². The van der Waals surface area contributed by atoms with Crippen molar-refractivity contribution in [3.63, 3.8) is 0 Å². The molecule has 1 N–H and O–H groups in total. The number of aliphatic hydroxyl groups excluding tert-OH is 1. The molecule has 0 aromatic carbocycles. The molecule has 0 aromatic rings. The Balaban J connectivity index is 2.88. The number of aliphatic hydroxyl groups is 1. The van der Waals surface area contributed by atoms with E-state index in [9.17, 15) is 8.42 Å². The molecule has 0 heterocycles. The van der Waals surface area contributed by atoms with Gasteiger partial charge in [0.2, 0.25) is 10.0 Å². The first-order valence-electron chi connectivity index (χ1n) is 6.05. The summed E-state index contributed by atoms with van der Waals surface area (Å²) >= 11 is 0. The summed E-state index contributed by atoms with van der Waals surface area (Å²) in [5, 5.41) is 16.7. The summed E-state index contributed by atoms with van der Waals surface area (Å²) in [6.07, 6.45) is 4.83. The van der Waals surface area contributed by atoms with E-state index in [1.807, 2.05) is 0 Å². The van der Waals surface area contributed by atoms with Crippen LogP contribution in [0, 0.1) is 11.3 Å². The van der Waals surface area contributed by atoms with Crippen LogP contribution in [-0.4, -0.2) is 42.3 Å². The van der Waals surface area contributed by atoms with Crippen LogP contribution in [-0.2, 0) is 10.0 Å². The molecule has 98 valence electrons. The largest absolute Gasteiger partial charge is 0.395 e. The maximum absolute atomic E-state index is 12.1. The highest BCUT2D eigenvalue weighted by Crippen LogP contribution is 2.25. The van der Waals surface area contributed by atoms with Crippen LogP contribution in [0.4, 0.5) is 0 Å². The van der Waals surface area contributed by atoms with E-state index in [4.69, 9.17) is 10.4 Å². The van der Waals surface area contributed by atoms with E-state index in [1.54, 1.807) is 6.07 Å². The maximum Gasteiger partial charge on any atom is 0.230 e. The average Bonchev–Trinajstić information content (AvgIpc) is 2.35. The van der Waals surface area contributed by atoms with Gasteiger partial charge in [-0.25, -0.2) is 8.42 Å². The van der Waals surface area contributed by atoms with Gasteiger partial charge in [-0.3, -0.25) is 0 Å². The first-order valence-corrected chi connectivity index (χ1v) is 7.55. The van der Waals surface area contributed by atoms with E-state index in [0.717, 1.165) is 32.1 Å². The van der Waals surface area contributed by atoms with E-state index in [0.29, 0.717) is 0 Å². The molecule has 1 saturated carbocycles. The van der Waals surface area contributed by atoms with Crippen LogP contribution in [0.15, 0.2) is 0 Å². The number of sulfonamides is 1. The molecule has 1 fully saturated rings. The van der Waals surface area contributed by atoms with E-state index in [-0.39, 0.29) is 19.2 Å². The van der Waals surface area contributed by atoms with Crippen molar-refractivity contribution in [1.82, 2.24) is 4.31 Å². The molecule has 17 heavy (non-hydrogen) atoms. The Morgan fingerprint density at radius 2 is 2.00 bits per heavy atom. The van der Waals surface area contributed by atoms with Gasteiger partial charge < -0.3 is 5.11 Å². The first-order chi connectivity index (χ1) is 8.04. The van der Waals surface area contributed by atoms with Crippen molar-refractivity contribution in [2.24, 2.45) is 0 Å². The number of nitriles is 1. The van der Waals surface area contributed by atoms with Crippen LogP contribution in [0.2, 0.25) is 0 Å². The molecule has 1 atom stereocenters. The maximum atomic E-state index is 12.1. The summed E-state index contributed by atoms with van der Waals surface area (Å²) in [6.45, 7) is 1.29. The lowest BCUT2D eigenvalue weighted by molar-refractivity contribution is 0.199. The van der Waals surface area contributed by atoms with Crippen LogP contribution >= 0.6 is 0 Å². The average molecular weight is 260 g/mol. The van der Waals surface area contributed by atoms with Crippen LogP contribution < -0.4 is 0 Å². The molecule has 0 amide bonds. The molecule has 1 unspecified atom stereocenters. The van der Waals surface area contributed by atoms with E-state index in [2.05, 4.69) is 0 Å². The Morgan fingerprint density at radius 3 is 2.47 bits per heavy atom. The molecule has 1 rings (SSSR count). The van der Waals surface area contributed by atoms with Gasteiger partial charge in [-0.2, -0.15) is 9.57 Å². The Kier molecular flexibility index (Phi) is 5.37. The smallest absolute Gasteiger partial charge is 0.230 e. The molecule has 0 saturated heterocycles. The Hall–Kier alpha value is -0.640. The zero-order chi connectivity index (χ0) is 12.9. The second kappa shape index (κ2) is 6.34. The van der Waals surface area contributed by atoms with E-state index < -0.39 is 15.3 Å². The highest BCUT2D eigenvalue weighted by Gasteiger charge is 2.34. The van der Waals surface area contributed by atoms with Gasteiger partial charge >= 0.3 is 0 Å². The van der Waals surface area contributed by atoms with Gasteiger partial charge in [-0.15, -0.1) is 0 Å². The van der Waals surface area contributed by atoms with Crippen molar-refractivity contribution >= 4 is 10.0 Å². The third-order valence-electron chi connectivity index (χ3n) is 3.26. The molecule has 1 aliphatic rings. The summed E-state index contributed by atoms with van der Waals surface area (Å²) in [4.78, 5) is 0. The third-order valence-corrected chi connectivity index (χ3v) is 5.39. The van der Waals surface area contributed by atoms with Gasteiger partial charge in [0.15, 0.2) is 5.25 Å². The van der Waals surface area contributed by atoms with Crippen molar-refractivity contribution in [2.75, 3.05) is 13.2 Å². The van der Waals surface area contributed by atoms with Crippen molar-refractivity contribution in [3.05, 3.63) is 0 Å². The minimum Gasteiger partial charge on any atom is -0.395 e. The fraction of sp³-hybridized carbons (Fsp3) is 0.909. The molecule has 0 bridgehead atoms. The predicted molar refractivity (Wildman–Crippen MR) is 64.7 cm³/mol. The zero-order valence-electron chi connectivity index (χ0n) is 10.2. The van der Waals surface area contributed by atoms with Gasteiger partial charge in [-0.05, 0) is 19.8 Å². The second-order valence-corrected chi connectivity index (χ2v) is 6.65. The Morgan fingerprint density at radius 1 is 1.41 bits per heavy atom. The lowest BCUT2D eigenvalue weighted by Gasteiger charge is -2.33. The quantitative estimate of drug-likeness (QED) is 0.794. The zero-order valence-corrected chi connectivity index (χ0v) is 11.0. The van der Waals surface area contributed by atoms with Crippen LogP contribution in [0.3, 0.4) is 0 Å². The molecule has 1 aliphatic carbocycles. The summed E-state index contributed by atoms with van der Waals surface area (Å²) in [5.74, 6) is 0. The van der Waals surface area contributed by atoms with Gasteiger partial charge in [-0.1, -0.05) is 19.3 Å². The van der Waals surface area contributed by atoms with E-state index in [1.165, 1.54) is 11.2 Å². The monoisotopic (exact) mass is 260 g/mol. The lowest BCUT2D eigenvalue weighted by Crippen LogP contribution is -2.46. The Bertz CT molecular complexity index is 369. The van der Waals surface area contributed by atoms with Crippen LogP contribution in [0.1, 0.15) is 39.0 Å². The van der Waals surface area contributed by atoms with Crippen LogP contribution in [0.25, 0.3) is 0 Å². The van der Waals surface area contributed by atoms with Gasteiger partial charge in [0, 0.05) is 12.6 Å². The first kappa shape index (κ1) is 14.4. The summed E-state index contributed by atoms with van der Waals surface area (Å²) in [5.41, 5.74) is 0. The molecular weight excluding hydrogens is 240 g/mol. The molecule has 0 radical (unpaired) electrons. The molecular formula is C11H20N2O3S. The highest BCUT2D eigenvalue weighted by molar-refractivity contribution is 7.90. The van der Waals surface area contributed by atoms with Crippen molar-refractivity contribution in [2.45, 2.75) is 50.3 Å². The molecule has 5 nitrogen and oxygen atoms in total. The van der Waals surface area contributed by atoms with Gasteiger partial charge in [0.25, 0.3) is 0 Å². The molecule has 0 spiro atoms. The third kappa shape index (κ3) is 3.41. The van der Waals surface area contributed by atoms with Crippen molar-refractivity contribution < 1.29 is 13.5 Å². The second-order valence-electron chi connectivity index (χ2n) is 4.44. The fourth-order valence-electron chi connectivity index (χ4n) is 2.25. The fourth-order valence-corrected chi connectivity index (χ4v) is 3.76. The van der Waals surface area contributed by atoms with Gasteiger partial charge in [0.05, 0.1) is 12.7 Å². The Labute approximate surface area is 103 Å². The van der Waals surface area contributed by atoms with Gasteiger partial charge in [0.1, 0.15) is 0 Å². The number of nitrogens with zero attached hydrogens (tertiary/aromatic N) is 2. The normalized spacial score (nSPS) is 20.1. The summed E-state index contributed by atoms with van der Waals surface area (Å²) in [7, 11) is -3.60. The molecule has 0 aromatic heterocycles.